The lowest BCUT2D eigenvalue weighted by Crippen LogP contribution is -2.32. The van der Waals surface area contributed by atoms with Crippen LogP contribution in [0.3, 0.4) is 0 Å². The van der Waals surface area contributed by atoms with Crippen LogP contribution in [0, 0.1) is 0 Å². The molecule has 0 aliphatic heterocycles. The third-order valence-electron chi connectivity index (χ3n) is 4.58. The minimum atomic E-state index is -0.182. The number of nitrogens with zero attached hydrogens (tertiary/aromatic N) is 4. The molecule has 0 aliphatic carbocycles. The van der Waals surface area contributed by atoms with Crippen molar-refractivity contribution in [3.8, 4) is 5.75 Å². The van der Waals surface area contributed by atoms with E-state index in [0.717, 1.165) is 33.4 Å². The molecule has 4 rings (SSSR count). The van der Waals surface area contributed by atoms with E-state index in [-0.39, 0.29) is 5.91 Å². The van der Waals surface area contributed by atoms with Crippen molar-refractivity contribution in [2.75, 3.05) is 18.6 Å². The van der Waals surface area contributed by atoms with Crippen LogP contribution in [0.25, 0.3) is 10.2 Å². The number of hydrogen-bond donors (Lipinski definition) is 0. The molecule has 0 aliphatic rings. The quantitative estimate of drug-likeness (QED) is 0.325. The second-order valence-corrected chi connectivity index (χ2v) is 8.90. The number of ether oxygens (including phenoxy) is 1. The zero-order chi connectivity index (χ0) is 21.1. The second kappa shape index (κ2) is 9.16. The van der Waals surface area contributed by atoms with E-state index in [1.807, 2.05) is 35.0 Å². The Kier molecular flexibility index (Phi) is 6.36. The Hall–Kier alpha value is -2.42. The number of imidazole rings is 1. The van der Waals surface area contributed by atoms with Crippen molar-refractivity contribution in [1.82, 2.24) is 14.5 Å². The fraction of sp³-hybridized carbons (Fsp3) is 0.190. The minimum absolute atomic E-state index is 0.182. The highest BCUT2D eigenvalue weighted by Crippen LogP contribution is 2.33. The number of carbonyl (C=O) groups is 1. The number of rotatable bonds is 7. The molecule has 0 saturated heterocycles. The van der Waals surface area contributed by atoms with Crippen LogP contribution in [0.4, 0.5) is 5.13 Å². The fourth-order valence-corrected chi connectivity index (χ4v) is 4.63. The van der Waals surface area contributed by atoms with Gasteiger partial charge in [-0.2, -0.15) is 0 Å². The van der Waals surface area contributed by atoms with E-state index in [1.165, 1.54) is 11.3 Å². The minimum Gasteiger partial charge on any atom is -0.497 e. The first kappa shape index (κ1) is 20.8. The average molecular weight is 506 g/mol. The molecule has 6 nitrogen and oxygen atoms in total. The predicted octanol–water partition coefficient (Wildman–Crippen LogP) is 5.65. The normalized spacial score (nSPS) is 11.0. The van der Waals surface area contributed by atoms with E-state index in [2.05, 4.69) is 20.9 Å². The molecule has 9 heteroatoms. The van der Waals surface area contributed by atoms with Gasteiger partial charge >= 0.3 is 0 Å². The molecule has 2 aromatic carbocycles. The summed E-state index contributed by atoms with van der Waals surface area (Å²) in [6.07, 6.45) is 6.15. The van der Waals surface area contributed by atoms with Crippen LogP contribution >= 0.6 is 38.9 Å². The van der Waals surface area contributed by atoms with E-state index in [9.17, 15) is 4.79 Å². The van der Waals surface area contributed by atoms with Crippen molar-refractivity contribution in [3.63, 3.8) is 0 Å². The third kappa shape index (κ3) is 4.50. The molecule has 1 amide bonds. The molecule has 0 N–H and O–H groups in total. The Labute approximate surface area is 191 Å². The number of hydrogen-bond acceptors (Lipinski definition) is 5. The first-order valence-electron chi connectivity index (χ1n) is 9.22. The van der Waals surface area contributed by atoms with Gasteiger partial charge in [0, 0.05) is 30.0 Å². The molecule has 0 bridgehead atoms. The van der Waals surface area contributed by atoms with Crippen molar-refractivity contribution in [1.29, 1.82) is 0 Å². The van der Waals surface area contributed by atoms with Crippen LogP contribution < -0.4 is 9.64 Å². The first-order valence-corrected chi connectivity index (χ1v) is 11.2. The van der Waals surface area contributed by atoms with Gasteiger partial charge in [0.05, 0.1) is 34.2 Å². The molecular formula is C21H18BrClN4O2S. The number of methoxy groups -OCH3 is 1. The van der Waals surface area contributed by atoms with E-state index in [4.69, 9.17) is 21.3 Å². The number of aromatic nitrogens is 3. The summed E-state index contributed by atoms with van der Waals surface area (Å²) in [4.78, 5) is 23.9. The van der Waals surface area contributed by atoms with E-state index in [0.29, 0.717) is 22.3 Å². The highest BCUT2D eigenvalue weighted by atomic mass is 79.9. The van der Waals surface area contributed by atoms with Gasteiger partial charge in [-0.25, -0.2) is 9.97 Å². The second-order valence-electron chi connectivity index (χ2n) is 6.57. The molecule has 2 heterocycles. The molecular weight excluding hydrogens is 488 g/mol. The molecule has 0 saturated carbocycles. The lowest BCUT2D eigenvalue weighted by Gasteiger charge is -2.21. The number of fused-ring (bicyclic) bond motifs is 1. The van der Waals surface area contributed by atoms with Crippen molar-refractivity contribution >= 4 is 60.1 Å². The predicted molar refractivity (Wildman–Crippen MR) is 124 cm³/mol. The Bertz CT molecular complexity index is 1180. The SMILES string of the molecule is COc1ccc2nc(N(CCCn3ccnc3)C(=O)c3cc(Br)ccc3Cl)sc2c1. The standard InChI is InChI=1S/C21H18BrClN4O2S/c1-29-15-4-6-18-19(12-15)30-21(25-18)27(9-2-8-26-10-7-24-13-26)20(28)16-11-14(22)3-5-17(16)23/h3-7,10-13H,2,8-9H2,1H3. The molecule has 154 valence electrons. The average Bonchev–Trinajstić information content (AvgIpc) is 3.41. The number of carbonyl (C=O) groups excluding carboxylic acids is 1. The number of halogens is 2. The zero-order valence-electron chi connectivity index (χ0n) is 16.1. The Morgan fingerprint density at radius 1 is 1.30 bits per heavy atom. The van der Waals surface area contributed by atoms with Gasteiger partial charge in [-0.1, -0.05) is 38.9 Å². The van der Waals surface area contributed by atoms with Crippen molar-refractivity contribution in [2.45, 2.75) is 13.0 Å². The summed E-state index contributed by atoms with van der Waals surface area (Å²) in [6, 6.07) is 11.0. The Morgan fingerprint density at radius 2 is 2.17 bits per heavy atom. The number of thiazole rings is 1. The van der Waals surface area contributed by atoms with Gasteiger partial charge < -0.3 is 9.30 Å². The number of anilines is 1. The summed E-state index contributed by atoms with van der Waals surface area (Å²) in [5, 5.41) is 1.04. The van der Waals surface area contributed by atoms with Crippen LogP contribution in [0.2, 0.25) is 5.02 Å². The molecule has 0 spiro atoms. The lowest BCUT2D eigenvalue weighted by atomic mass is 10.2. The third-order valence-corrected chi connectivity index (χ3v) is 6.44. The van der Waals surface area contributed by atoms with Gasteiger partial charge in [-0.15, -0.1) is 0 Å². The zero-order valence-corrected chi connectivity index (χ0v) is 19.2. The van der Waals surface area contributed by atoms with E-state index < -0.39 is 0 Å². The highest BCUT2D eigenvalue weighted by Gasteiger charge is 2.23. The van der Waals surface area contributed by atoms with E-state index in [1.54, 1.807) is 36.7 Å². The molecule has 2 aromatic heterocycles. The fourth-order valence-electron chi connectivity index (χ4n) is 3.06. The van der Waals surface area contributed by atoms with Gasteiger partial charge in [0.25, 0.3) is 5.91 Å². The van der Waals surface area contributed by atoms with Gasteiger partial charge in [-0.3, -0.25) is 9.69 Å². The maximum absolute atomic E-state index is 13.5. The molecule has 4 aromatic rings. The molecule has 30 heavy (non-hydrogen) atoms. The molecule has 0 unspecified atom stereocenters. The Balaban J connectivity index is 1.67. The summed E-state index contributed by atoms with van der Waals surface area (Å²) >= 11 is 11.2. The van der Waals surface area contributed by atoms with Gasteiger partial charge in [0.15, 0.2) is 5.13 Å². The molecule has 0 radical (unpaired) electrons. The van der Waals surface area contributed by atoms with Crippen LogP contribution in [0.5, 0.6) is 5.75 Å². The maximum Gasteiger partial charge on any atom is 0.261 e. The number of aryl methyl sites for hydroxylation is 1. The maximum atomic E-state index is 13.5. The summed E-state index contributed by atoms with van der Waals surface area (Å²) in [7, 11) is 1.63. The number of benzene rings is 2. The van der Waals surface area contributed by atoms with Crippen LogP contribution in [-0.2, 0) is 6.54 Å². The monoisotopic (exact) mass is 504 g/mol. The summed E-state index contributed by atoms with van der Waals surface area (Å²) in [5.41, 5.74) is 1.26. The van der Waals surface area contributed by atoms with Gasteiger partial charge in [0.1, 0.15) is 5.75 Å². The van der Waals surface area contributed by atoms with E-state index >= 15 is 0 Å². The highest BCUT2D eigenvalue weighted by molar-refractivity contribution is 9.10. The van der Waals surface area contributed by atoms with Gasteiger partial charge in [0.2, 0.25) is 0 Å². The van der Waals surface area contributed by atoms with Gasteiger partial charge in [-0.05, 0) is 42.8 Å². The van der Waals surface area contributed by atoms with Crippen molar-refractivity contribution in [2.24, 2.45) is 0 Å². The molecule has 0 atom stereocenters. The summed E-state index contributed by atoms with van der Waals surface area (Å²) in [5.74, 6) is 0.573. The smallest absolute Gasteiger partial charge is 0.261 e. The Morgan fingerprint density at radius 3 is 2.93 bits per heavy atom. The largest absolute Gasteiger partial charge is 0.497 e. The van der Waals surface area contributed by atoms with Crippen LogP contribution in [0.1, 0.15) is 16.8 Å². The van der Waals surface area contributed by atoms with Crippen LogP contribution in [-0.4, -0.2) is 34.1 Å². The molecule has 0 fully saturated rings. The lowest BCUT2D eigenvalue weighted by molar-refractivity contribution is 0.0986. The van der Waals surface area contributed by atoms with Crippen LogP contribution in [0.15, 0.2) is 59.6 Å². The summed E-state index contributed by atoms with van der Waals surface area (Å²) in [6.45, 7) is 1.24. The topological polar surface area (TPSA) is 60.2 Å². The first-order chi connectivity index (χ1) is 14.5. The summed E-state index contributed by atoms with van der Waals surface area (Å²) < 4.78 is 9.04. The van der Waals surface area contributed by atoms with Crippen molar-refractivity contribution in [3.05, 3.63) is 70.2 Å². The number of amides is 1. The van der Waals surface area contributed by atoms with Crippen molar-refractivity contribution < 1.29 is 9.53 Å².